The topological polar surface area (TPSA) is 108 Å². The Morgan fingerprint density at radius 2 is 1.80 bits per heavy atom. The van der Waals surface area contributed by atoms with Gasteiger partial charge in [0, 0.05) is 10.9 Å². The molecule has 0 saturated carbocycles. The molecule has 3 amide bonds. The van der Waals surface area contributed by atoms with Crippen LogP contribution in [0, 0.1) is 24.7 Å². The van der Waals surface area contributed by atoms with Crippen LogP contribution >= 0.6 is 23.4 Å². The van der Waals surface area contributed by atoms with Crippen molar-refractivity contribution < 1.29 is 24.2 Å². The van der Waals surface area contributed by atoms with Crippen molar-refractivity contribution in [3.63, 3.8) is 0 Å². The lowest BCUT2D eigenvalue weighted by Crippen LogP contribution is -2.55. The van der Waals surface area contributed by atoms with Crippen molar-refractivity contribution in [2.45, 2.75) is 49.3 Å². The molecule has 0 radical (unpaired) electrons. The lowest BCUT2D eigenvalue weighted by Gasteiger charge is -2.40. The molecule has 6 rings (SSSR count). The van der Waals surface area contributed by atoms with Crippen LogP contribution in [-0.4, -0.2) is 57.0 Å². The molecule has 0 aliphatic carbocycles. The molecule has 3 fully saturated rings. The lowest BCUT2D eigenvalue weighted by molar-refractivity contribution is -0.141. The van der Waals surface area contributed by atoms with Crippen molar-refractivity contribution in [1.29, 1.82) is 0 Å². The second-order valence-corrected chi connectivity index (χ2v) is 13.7. The van der Waals surface area contributed by atoms with E-state index in [-0.39, 0.29) is 35.5 Å². The number of aliphatic hydroxyl groups excluding tert-OH is 1. The average molecular weight is 634 g/mol. The third-order valence-electron chi connectivity index (χ3n) is 9.33. The maximum Gasteiger partial charge on any atom is 0.248 e. The molecular formula is C34H36ClN3O5S. The zero-order valence-corrected chi connectivity index (χ0v) is 26.4. The quantitative estimate of drug-likeness (QED) is 0.279. The first-order valence-electron chi connectivity index (χ1n) is 15.0. The van der Waals surface area contributed by atoms with Crippen LogP contribution in [0.1, 0.15) is 37.4 Å². The minimum Gasteiger partial charge on any atom is -0.494 e. The summed E-state index contributed by atoms with van der Waals surface area (Å²) in [5, 5.41) is 17.0. The number of fused-ring (bicyclic) bond motifs is 1. The van der Waals surface area contributed by atoms with Crippen LogP contribution in [-0.2, 0) is 14.4 Å². The number of ether oxygens (including phenoxy) is 1. The fourth-order valence-electron chi connectivity index (χ4n) is 7.43. The van der Waals surface area contributed by atoms with Crippen LogP contribution in [0.2, 0.25) is 5.02 Å². The molecule has 3 unspecified atom stereocenters. The minimum atomic E-state index is -0.943. The Labute approximate surface area is 266 Å². The van der Waals surface area contributed by atoms with E-state index in [1.54, 1.807) is 47.0 Å². The fraction of sp³-hybridized carbons (Fsp3) is 0.382. The summed E-state index contributed by atoms with van der Waals surface area (Å²) in [6.07, 6.45) is 0.688. The summed E-state index contributed by atoms with van der Waals surface area (Å²) in [7, 11) is 0. The first-order chi connectivity index (χ1) is 21.2. The van der Waals surface area contributed by atoms with E-state index in [4.69, 9.17) is 16.3 Å². The largest absolute Gasteiger partial charge is 0.494 e. The summed E-state index contributed by atoms with van der Waals surface area (Å²) in [6.45, 7) is 5.99. The standard InChI is InChI=1S/C34H36ClN3O5S/c1-4-43-23-15-13-22(14-16-23)36-31(40)27-26-17-20(3)34(44-26)28(27)33(42)38(25(18-39)21-10-6-5-7-11-21)30(34)32(41)37-29-19(2)9-8-12-24(29)35/h5-16,20,25-28,30,39H,4,17-18H2,1-3H3,(H,36,40)(H,37,41)/t20?,25-,26-,27+,28+,30?,34?/m1/s1. The molecule has 3 aromatic rings. The van der Waals surface area contributed by atoms with E-state index in [0.29, 0.717) is 40.7 Å². The Balaban J connectivity index is 1.40. The Morgan fingerprint density at radius 1 is 1.07 bits per heavy atom. The number of rotatable bonds is 9. The highest BCUT2D eigenvalue weighted by molar-refractivity contribution is 8.02. The van der Waals surface area contributed by atoms with Gasteiger partial charge in [-0.1, -0.05) is 61.0 Å². The molecule has 3 saturated heterocycles. The highest BCUT2D eigenvalue weighted by Crippen LogP contribution is 2.69. The van der Waals surface area contributed by atoms with Gasteiger partial charge in [0.2, 0.25) is 17.7 Å². The summed E-state index contributed by atoms with van der Waals surface area (Å²) in [4.78, 5) is 44.7. The van der Waals surface area contributed by atoms with Crippen LogP contribution in [0.15, 0.2) is 72.8 Å². The molecule has 3 aliphatic heterocycles. The summed E-state index contributed by atoms with van der Waals surface area (Å²) in [5.74, 6) is -1.64. The third-order valence-corrected chi connectivity index (χ3v) is 11.7. The Hall–Kier alpha value is -3.53. The zero-order chi connectivity index (χ0) is 31.2. The number of carbonyl (C=O) groups excluding carboxylic acids is 3. The summed E-state index contributed by atoms with van der Waals surface area (Å²) in [5.41, 5.74) is 2.61. The molecule has 2 bridgehead atoms. The maximum atomic E-state index is 14.7. The maximum absolute atomic E-state index is 14.7. The Bertz CT molecular complexity index is 1550. The van der Waals surface area contributed by atoms with E-state index in [2.05, 4.69) is 17.6 Å². The molecule has 7 atom stereocenters. The minimum absolute atomic E-state index is 0.0378. The van der Waals surface area contributed by atoms with Gasteiger partial charge in [-0.2, -0.15) is 0 Å². The average Bonchev–Trinajstić information content (AvgIpc) is 3.61. The molecule has 1 spiro atoms. The molecule has 3 aliphatic rings. The number of para-hydroxylation sites is 1. The number of nitrogens with one attached hydrogen (secondary N) is 2. The number of likely N-dealkylation sites (tertiary alicyclic amines) is 1. The monoisotopic (exact) mass is 633 g/mol. The SMILES string of the molecule is CCOc1ccc(NC(=O)[C@@H]2[C@H]3C(=O)N([C@H](CO)c4ccccc4)C(C(=O)Nc4c(C)cccc4Cl)C34S[C@@H]2CC4C)cc1. The molecule has 44 heavy (non-hydrogen) atoms. The van der Waals surface area contributed by atoms with E-state index in [9.17, 15) is 19.5 Å². The normalized spacial score (nSPS) is 27.6. The van der Waals surface area contributed by atoms with Gasteiger partial charge in [-0.3, -0.25) is 14.4 Å². The fourth-order valence-corrected chi connectivity index (χ4v) is 10.1. The van der Waals surface area contributed by atoms with Crippen molar-refractivity contribution in [1.82, 2.24) is 4.90 Å². The molecule has 3 heterocycles. The van der Waals surface area contributed by atoms with Gasteiger partial charge in [0.15, 0.2) is 0 Å². The van der Waals surface area contributed by atoms with Gasteiger partial charge in [0.1, 0.15) is 11.8 Å². The number of nitrogens with zero attached hydrogens (tertiary/aromatic N) is 1. The number of amides is 3. The number of benzene rings is 3. The number of thioether (sulfide) groups is 1. The van der Waals surface area contributed by atoms with Crippen LogP contribution < -0.4 is 15.4 Å². The summed E-state index contributed by atoms with van der Waals surface area (Å²) >= 11 is 8.10. The predicted octanol–water partition coefficient (Wildman–Crippen LogP) is 5.70. The second kappa shape index (κ2) is 12.1. The Morgan fingerprint density at radius 3 is 2.45 bits per heavy atom. The van der Waals surface area contributed by atoms with Gasteiger partial charge in [-0.15, -0.1) is 11.8 Å². The van der Waals surface area contributed by atoms with E-state index in [1.807, 2.05) is 56.3 Å². The van der Waals surface area contributed by atoms with Crippen LogP contribution in [0.25, 0.3) is 0 Å². The van der Waals surface area contributed by atoms with Gasteiger partial charge >= 0.3 is 0 Å². The first kappa shape index (κ1) is 30.5. The number of anilines is 2. The van der Waals surface area contributed by atoms with Crippen molar-refractivity contribution in [2.75, 3.05) is 23.8 Å². The van der Waals surface area contributed by atoms with Crippen molar-refractivity contribution in [3.8, 4) is 5.75 Å². The van der Waals surface area contributed by atoms with Crippen molar-refractivity contribution in [2.24, 2.45) is 17.8 Å². The molecule has 8 nitrogen and oxygen atoms in total. The van der Waals surface area contributed by atoms with Gasteiger partial charge in [0.25, 0.3) is 0 Å². The number of aryl methyl sites for hydroxylation is 1. The number of hydrogen-bond donors (Lipinski definition) is 3. The Kier molecular flexibility index (Phi) is 8.39. The molecule has 230 valence electrons. The number of carbonyl (C=O) groups is 3. The number of aliphatic hydroxyl groups is 1. The zero-order valence-electron chi connectivity index (χ0n) is 24.8. The first-order valence-corrected chi connectivity index (χ1v) is 16.2. The second-order valence-electron chi connectivity index (χ2n) is 11.8. The molecule has 0 aromatic heterocycles. The van der Waals surface area contributed by atoms with Gasteiger partial charge in [-0.05, 0) is 67.6 Å². The molecule has 3 aromatic carbocycles. The lowest BCUT2D eigenvalue weighted by atomic mass is 9.66. The van der Waals surface area contributed by atoms with E-state index in [1.165, 1.54) is 0 Å². The van der Waals surface area contributed by atoms with Crippen molar-refractivity contribution >= 4 is 52.5 Å². The van der Waals surface area contributed by atoms with Crippen molar-refractivity contribution in [3.05, 3.63) is 88.9 Å². The molecule has 10 heteroatoms. The number of halogens is 1. The highest BCUT2D eigenvalue weighted by atomic mass is 35.5. The van der Waals surface area contributed by atoms with Gasteiger partial charge in [-0.25, -0.2) is 0 Å². The van der Waals surface area contributed by atoms with E-state index >= 15 is 0 Å². The van der Waals surface area contributed by atoms with E-state index in [0.717, 1.165) is 5.56 Å². The van der Waals surface area contributed by atoms with Gasteiger partial charge in [0.05, 0.1) is 46.5 Å². The predicted molar refractivity (Wildman–Crippen MR) is 173 cm³/mol. The summed E-state index contributed by atoms with van der Waals surface area (Å²) in [6, 6.07) is 20.1. The summed E-state index contributed by atoms with van der Waals surface area (Å²) < 4.78 is 4.66. The van der Waals surface area contributed by atoms with Crippen LogP contribution in [0.5, 0.6) is 5.75 Å². The third kappa shape index (κ3) is 4.95. The van der Waals surface area contributed by atoms with Crippen LogP contribution in [0.3, 0.4) is 0 Å². The van der Waals surface area contributed by atoms with E-state index < -0.39 is 28.7 Å². The molecule has 3 N–H and O–H groups in total. The smallest absolute Gasteiger partial charge is 0.248 e. The molecular weight excluding hydrogens is 598 g/mol. The van der Waals surface area contributed by atoms with Gasteiger partial charge < -0.3 is 25.4 Å². The number of hydrogen-bond acceptors (Lipinski definition) is 6. The van der Waals surface area contributed by atoms with Crippen LogP contribution in [0.4, 0.5) is 11.4 Å². The highest BCUT2D eigenvalue weighted by Gasteiger charge is 2.76.